The zero-order valence-electron chi connectivity index (χ0n) is 11.6. The van der Waals surface area contributed by atoms with Crippen LogP contribution in [0.2, 0.25) is 0 Å². The number of pyridine rings is 1. The van der Waals surface area contributed by atoms with Gasteiger partial charge in [-0.15, -0.1) is 0 Å². The third-order valence-electron chi connectivity index (χ3n) is 2.64. The fourth-order valence-corrected chi connectivity index (χ4v) is 1.56. The van der Waals surface area contributed by atoms with Gasteiger partial charge in [-0.25, -0.2) is 4.98 Å². The number of carbonyl (C=O) groups is 2. The molecule has 0 saturated carbocycles. The number of carbonyl (C=O) groups excluding carboxylic acids is 2. The molecule has 0 unspecified atom stereocenters. The Kier molecular flexibility index (Phi) is 5.15. The zero-order chi connectivity index (χ0) is 15.8. The number of amides is 1. The third kappa shape index (κ3) is 4.38. The fourth-order valence-electron chi connectivity index (χ4n) is 1.56. The number of allylic oxidation sites excluding steroid dienone is 1. The molecule has 0 saturated heterocycles. The summed E-state index contributed by atoms with van der Waals surface area (Å²) < 4.78 is 0. The normalized spacial score (nSPS) is 10.2. The highest BCUT2D eigenvalue weighted by Crippen LogP contribution is 2.04. The molecule has 2 rings (SSSR count). The maximum absolute atomic E-state index is 11.7. The van der Waals surface area contributed by atoms with E-state index in [1.807, 2.05) is 30.3 Å². The van der Waals surface area contributed by atoms with Crippen LogP contribution in [0.15, 0.2) is 67.0 Å². The lowest BCUT2D eigenvalue weighted by Gasteiger charge is -2.03. The Morgan fingerprint density at radius 3 is 2.45 bits per heavy atom. The Bertz CT molecular complexity index is 697. The van der Waals surface area contributed by atoms with Gasteiger partial charge >= 0.3 is 0 Å². The highest BCUT2D eigenvalue weighted by atomic mass is 16.2. The predicted molar refractivity (Wildman–Crippen MR) is 84.8 cm³/mol. The summed E-state index contributed by atoms with van der Waals surface area (Å²) >= 11 is 0. The Hall–Kier alpha value is -3.28. The van der Waals surface area contributed by atoms with Gasteiger partial charge in [-0.2, -0.15) is 0 Å². The number of para-hydroxylation sites is 1. The average molecular weight is 294 g/mol. The molecule has 1 amide bonds. The minimum absolute atomic E-state index is 0.288. The van der Waals surface area contributed by atoms with Crippen molar-refractivity contribution in [3.63, 3.8) is 0 Å². The minimum Gasteiger partial charge on any atom is -0.362 e. The summed E-state index contributed by atoms with van der Waals surface area (Å²) in [6.07, 6.45) is 4.03. The Morgan fingerprint density at radius 1 is 1.05 bits per heavy atom. The van der Waals surface area contributed by atoms with Crippen molar-refractivity contribution in [1.29, 1.82) is 5.41 Å². The Morgan fingerprint density at radius 2 is 1.77 bits per heavy atom. The molecule has 0 radical (unpaired) electrons. The molecule has 6 nitrogen and oxygen atoms in total. The van der Waals surface area contributed by atoms with Gasteiger partial charge < -0.3 is 10.6 Å². The Labute approximate surface area is 127 Å². The topological polar surface area (TPSA) is 94.9 Å². The molecule has 0 aliphatic carbocycles. The number of anilines is 2. The van der Waals surface area contributed by atoms with Crippen LogP contribution >= 0.6 is 0 Å². The molecule has 2 aromatic rings. The first-order valence-electron chi connectivity index (χ1n) is 6.50. The molecule has 1 heterocycles. The SMILES string of the molecule is N=C(C(=O)/C=C\Nc1ccccc1)C(=O)Nc1ccccn1. The smallest absolute Gasteiger partial charge is 0.278 e. The van der Waals surface area contributed by atoms with E-state index in [0.717, 1.165) is 11.8 Å². The number of rotatable bonds is 6. The molecule has 110 valence electrons. The summed E-state index contributed by atoms with van der Waals surface area (Å²) in [5, 5.41) is 12.8. The van der Waals surface area contributed by atoms with E-state index >= 15 is 0 Å². The van der Waals surface area contributed by atoms with Gasteiger partial charge in [0.1, 0.15) is 5.82 Å². The second kappa shape index (κ2) is 7.49. The summed E-state index contributed by atoms with van der Waals surface area (Å²) in [6.45, 7) is 0. The number of benzene rings is 1. The maximum Gasteiger partial charge on any atom is 0.278 e. The van der Waals surface area contributed by atoms with Gasteiger partial charge in [0.2, 0.25) is 5.78 Å². The van der Waals surface area contributed by atoms with Gasteiger partial charge in [0, 0.05) is 24.2 Å². The van der Waals surface area contributed by atoms with E-state index in [0.29, 0.717) is 0 Å². The van der Waals surface area contributed by atoms with Crippen LogP contribution in [0.25, 0.3) is 0 Å². The van der Waals surface area contributed by atoms with Crippen LogP contribution in [-0.2, 0) is 9.59 Å². The molecular weight excluding hydrogens is 280 g/mol. The highest BCUT2D eigenvalue weighted by molar-refractivity contribution is 6.68. The van der Waals surface area contributed by atoms with Crippen LogP contribution in [0.3, 0.4) is 0 Å². The van der Waals surface area contributed by atoms with Crippen LogP contribution < -0.4 is 10.6 Å². The van der Waals surface area contributed by atoms with E-state index in [4.69, 9.17) is 5.41 Å². The molecule has 0 spiro atoms. The molecule has 1 aromatic heterocycles. The largest absolute Gasteiger partial charge is 0.362 e. The van der Waals surface area contributed by atoms with Crippen LogP contribution in [0, 0.1) is 5.41 Å². The summed E-state index contributed by atoms with van der Waals surface area (Å²) in [4.78, 5) is 27.4. The highest BCUT2D eigenvalue weighted by Gasteiger charge is 2.16. The molecule has 1 aromatic carbocycles. The van der Waals surface area contributed by atoms with Crippen LogP contribution in [-0.4, -0.2) is 22.4 Å². The quantitative estimate of drug-likeness (QED) is 0.432. The van der Waals surface area contributed by atoms with Gasteiger partial charge in [0.15, 0.2) is 5.71 Å². The third-order valence-corrected chi connectivity index (χ3v) is 2.64. The number of ketones is 1. The minimum atomic E-state index is -0.798. The lowest BCUT2D eigenvalue weighted by atomic mass is 10.2. The predicted octanol–water partition coefficient (Wildman–Crippen LogP) is 2.23. The number of nitrogens with one attached hydrogen (secondary N) is 3. The van der Waals surface area contributed by atoms with Gasteiger partial charge in [-0.05, 0) is 24.3 Å². The van der Waals surface area contributed by atoms with E-state index in [2.05, 4.69) is 15.6 Å². The fraction of sp³-hybridized carbons (Fsp3) is 0. The zero-order valence-corrected chi connectivity index (χ0v) is 11.6. The molecule has 3 N–H and O–H groups in total. The standard InChI is InChI=1S/C16H14N4O2/c17-15(16(22)20-14-8-4-5-10-19-14)13(21)9-11-18-12-6-2-1-3-7-12/h1-11,17-18H,(H,19,20,22)/b11-9-,17-15?. The second-order valence-electron chi connectivity index (χ2n) is 4.25. The van der Waals surface area contributed by atoms with Gasteiger partial charge in [0.05, 0.1) is 0 Å². The van der Waals surface area contributed by atoms with Gasteiger partial charge in [-0.1, -0.05) is 24.3 Å². The van der Waals surface area contributed by atoms with E-state index in [-0.39, 0.29) is 5.82 Å². The number of aromatic nitrogens is 1. The maximum atomic E-state index is 11.7. The van der Waals surface area contributed by atoms with Crippen molar-refractivity contribution in [2.45, 2.75) is 0 Å². The van der Waals surface area contributed by atoms with Crippen molar-refractivity contribution in [3.05, 3.63) is 67.0 Å². The number of hydrogen-bond donors (Lipinski definition) is 3. The first-order valence-corrected chi connectivity index (χ1v) is 6.50. The lowest BCUT2D eigenvalue weighted by molar-refractivity contribution is -0.113. The van der Waals surface area contributed by atoms with Crippen molar-refractivity contribution in [2.24, 2.45) is 0 Å². The summed E-state index contributed by atoms with van der Waals surface area (Å²) in [7, 11) is 0. The molecule has 0 fully saturated rings. The first kappa shape index (κ1) is 15.1. The van der Waals surface area contributed by atoms with Crippen LogP contribution in [0.1, 0.15) is 0 Å². The van der Waals surface area contributed by atoms with Crippen molar-refractivity contribution < 1.29 is 9.59 Å². The number of hydrogen-bond acceptors (Lipinski definition) is 5. The van der Waals surface area contributed by atoms with Crippen molar-refractivity contribution in [3.8, 4) is 0 Å². The molecule has 0 aliphatic heterocycles. The molecule has 0 bridgehead atoms. The first-order chi connectivity index (χ1) is 10.7. The molecular formula is C16H14N4O2. The molecule has 0 aliphatic rings. The van der Waals surface area contributed by atoms with E-state index in [1.165, 1.54) is 12.4 Å². The van der Waals surface area contributed by atoms with Crippen LogP contribution in [0.5, 0.6) is 0 Å². The van der Waals surface area contributed by atoms with Crippen LogP contribution in [0.4, 0.5) is 11.5 Å². The van der Waals surface area contributed by atoms with Crippen molar-refractivity contribution in [1.82, 2.24) is 4.98 Å². The summed E-state index contributed by atoms with van der Waals surface area (Å²) in [5.41, 5.74) is 0.146. The molecule has 0 atom stereocenters. The van der Waals surface area contributed by atoms with Crippen molar-refractivity contribution >= 4 is 28.9 Å². The van der Waals surface area contributed by atoms with Gasteiger partial charge in [-0.3, -0.25) is 15.0 Å². The monoisotopic (exact) mass is 294 g/mol. The van der Waals surface area contributed by atoms with Crippen molar-refractivity contribution in [2.75, 3.05) is 10.6 Å². The molecule has 6 heteroatoms. The molecule has 22 heavy (non-hydrogen) atoms. The van der Waals surface area contributed by atoms with E-state index in [9.17, 15) is 9.59 Å². The van der Waals surface area contributed by atoms with E-state index < -0.39 is 17.4 Å². The summed E-state index contributed by atoms with van der Waals surface area (Å²) in [6, 6.07) is 14.2. The number of nitrogens with zero attached hydrogens (tertiary/aromatic N) is 1. The Balaban J connectivity index is 1.89. The lowest BCUT2D eigenvalue weighted by Crippen LogP contribution is -2.28. The van der Waals surface area contributed by atoms with Gasteiger partial charge in [0.25, 0.3) is 5.91 Å². The van der Waals surface area contributed by atoms with E-state index in [1.54, 1.807) is 18.2 Å². The second-order valence-corrected chi connectivity index (χ2v) is 4.25. The average Bonchev–Trinajstić information content (AvgIpc) is 2.56. The summed E-state index contributed by atoms with van der Waals surface area (Å²) in [5.74, 6) is -1.21.